The van der Waals surface area contributed by atoms with Gasteiger partial charge in [-0.25, -0.2) is 9.97 Å². The highest BCUT2D eigenvalue weighted by Crippen LogP contribution is 2.43. The van der Waals surface area contributed by atoms with Crippen LogP contribution in [0.4, 0.5) is 17.2 Å². The fraction of sp³-hybridized carbons (Fsp3) is 0.571. The van der Waals surface area contributed by atoms with E-state index < -0.39 is 0 Å². The average molecular weight is 441 g/mol. The van der Waals surface area contributed by atoms with Gasteiger partial charge in [-0.3, -0.25) is 10.1 Å². The summed E-state index contributed by atoms with van der Waals surface area (Å²) in [6.07, 6.45) is 3.48. The van der Waals surface area contributed by atoms with E-state index in [0.29, 0.717) is 60.3 Å². The van der Waals surface area contributed by atoms with Crippen LogP contribution >= 0.6 is 0 Å². The van der Waals surface area contributed by atoms with Gasteiger partial charge >= 0.3 is 5.69 Å². The monoisotopic (exact) mass is 440 g/mol. The molecule has 0 bridgehead atoms. The second kappa shape index (κ2) is 9.10. The van der Waals surface area contributed by atoms with Gasteiger partial charge in [-0.05, 0) is 39.5 Å². The number of nitrogens with zero attached hydrogens (tertiary/aromatic N) is 6. The summed E-state index contributed by atoms with van der Waals surface area (Å²) in [6.45, 7) is 2.06. The summed E-state index contributed by atoms with van der Waals surface area (Å²) < 4.78 is 5.42. The third-order valence-electron chi connectivity index (χ3n) is 6.28. The number of likely N-dealkylation sites (N-methyl/N-ethyl adjacent to an activating group) is 1. The van der Waals surface area contributed by atoms with E-state index in [1.54, 1.807) is 12.3 Å². The molecule has 2 aliphatic heterocycles. The molecule has 2 N–H and O–H groups in total. The molecule has 0 radical (unpaired) electrons. The van der Waals surface area contributed by atoms with Crippen molar-refractivity contribution in [3.05, 3.63) is 22.4 Å². The predicted octanol–water partition coefficient (Wildman–Crippen LogP) is 1.74. The maximum Gasteiger partial charge on any atom is 0.335 e. The van der Waals surface area contributed by atoms with E-state index >= 15 is 0 Å². The Morgan fingerprint density at radius 2 is 2.25 bits per heavy atom. The van der Waals surface area contributed by atoms with Gasteiger partial charge in [0.2, 0.25) is 11.7 Å². The molecule has 11 heteroatoms. The van der Waals surface area contributed by atoms with Crippen LogP contribution in [0.25, 0.3) is 10.9 Å². The molecule has 4 rings (SSSR count). The molecule has 0 aliphatic carbocycles. The molecule has 0 amide bonds. The number of ether oxygens (including phenoxy) is 1. The van der Waals surface area contributed by atoms with E-state index in [0.717, 1.165) is 13.0 Å². The second-order valence-electron chi connectivity index (χ2n) is 8.53. The molecule has 32 heavy (non-hydrogen) atoms. The van der Waals surface area contributed by atoms with Gasteiger partial charge in [-0.1, -0.05) is 0 Å². The number of nitrogens with one attached hydrogen (secondary N) is 2. The van der Waals surface area contributed by atoms with Gasteiger partial charge < -0.3 is 25.2 Å². The number of pyridine rings is 2. The Balaban J connectivity index is 1.79. The number of hydrogen-bond donors (Lipinski definition) is 2. The lowest BCUT2D eigenvalue weighted by Gasteiger charge is -2.43. The van der Waals surface area contributed by atoms with Crippen LogP contribution in [0.15, 0.2) is 12.3 Å². The smallest absolute Gasteiger partial charge is 0.335 e. The maximum atomic E-state index is 12.3. The average Bonchev–Trinajstić information content (AvgIpc) is 2.72. The van der Waals surface area contributed by atoms with Crippen LogP contribution < -0.4 is 20.3 Å². The number of rotatable bonds is 7. The predicted molar refractivity (Wildman–Crippen MR) is 121 cm³/mol. The van der Waals surface area contributed by atoms with Gasteiger partial charge in [-0.15, -0.1) is 0 Å². The molecular weight excluding hydrogens is 412 g/mol. The normalized spacial score (nSPS) is 21.3. The summed E-state index contributed by atoms with van der Waals surface area (Å²) >= 11 is 0. The Morgan fingerprint density at radius 3 is 2.91 bits per heavy atom. The Bertz CT molecular complexity index is 1050. The topological polar surface area (TPSA) is 132 Å². The van der Waals surface area contributed by atoms with E-state index in [1.807, 2.05) is 19.0 Å². The highest BCUT2D eigenvalue weighted by molar-refractivity contribution is 6.01. The molecule has 0 aromatic carbocycles. The van der Waals surface area contributed by atoms with Gasteiger partial charge in [0, 0.05) is 42.8 Å². The maximum absolute atomic E-state index is 12.3. The number of nitriles is 1. The van der Waals surface area contributed by atoms with Crippen molar-refractivity contribution in [2.45, 2.75) is 37.4 Å². The summed E-state index contributed by atoms with van der Waals surface area (Å²) in [4.78, 5) is 24.9. The van der Waals surface area contributed by atoms with Crippen LogP contribution in [0, 0.1) is 21.4 Å². The summed E-state index contributed by atoms with van der Waals surface area (Å²) in [5, 5.41) is 28.7. The van der Waals surface area contributed by atoms with E-state index in [4.69, 9.17) is 10.00 Å². The van der Waals surface area contributed by atoms with Crippen molar-refractivity contribution < 1.29 is 9.66 Å². The number of hydrogen-bond acceptors (Lipinski definition) is 10. The lowest BCUT2D eigenvalue weighted by Crippen LogP contribution is -2.57. The zero-order valence-electron chi connectivity index (χ0n) is 18.5. The van der Waals surface area contributed by atoms with Crippen molar-refractivity contribution >= 4 is 28.1 Å². The van der Waals surface area contributed by atoms with Crippen molar-refractivity contribution in [2.24, 2.45) is 0 Å². The van der Waals surface area contributed by atoms with Crippen molar-refractivity contribution in [1.29, 1.82) is 5.26 Å². The Kier molecular flexibility index (Phi) is 6.25. The first kappa shape index (κ1) is 22.0. The lowest BCUT2D eigenvalue weighted by molar-refractivity contribution is -0.383. The van der Waals surface area contributed by atoms with Crippen LogP contribution in [0.3, 0.4) is 0 Å². The van der Waals surface area contributed by atoms with Crippen molar-refractivity contribution in [1.82, 2.24) is 20.2 Å². The standard InChI is InChI=1S/C21H28N8O3/c1-27(2)15-11-28(12-15)20-19(29(30)31)17(16-6-9-24-21(32-3)18(16)26-20)25-14-5-8-23-13(10-14)4-7-22/h6,9,13-15,23H,4-5,8,10-12H2,1-3H3,(H,25,26)/t13-,14?/m1/s1. The van der Waals surface area contributed by atoms with Crippen molar-refractivity contribution in [3.8, 4) is 11.9 Å². The molecule has 11 nitrogen and oxygen atoms in total. The van der Waals surface area contributed by atoms with E-state index in [-0.39, 0.29) is 22.7 Å². The number of anilines is 2. The minimum absolute atomic E-state index is 0.00294. The first-order valence-electron chi connectivity index (χ1n) is 10.7. The van der Waals surface area contributed by atoms with Crippen LogP contribution in [-0.4, -0.2) is 78.8 Å². The molecule has 2 aliphatic rings. The van der Waals surface area contributed by atoms with Gasteiger partial charge in [0.05, 0.1) is 24.5 Å². The van der Waals surface area contributed by atoms with E-state index in [2.05, 4.69) is 31.6 Å². The number of aromatic nitrogens is 2. The van der Waals surface area contributed by atoms with Crippen LogP contribution in [-0.2, 0) is 0 Å². The fourth-order valence-corrected chi connectivity index (χ4v) is 4.39. The number of methoxy groups -OCH3 is 1. The third kappa shape index (κ3) is 4.11. The quantitative estimate of drug-likeness (QED) is 0.484. The minimum Gasteiger partial charge on any atom is -0.479 e. The van der Waals surface area contributed by atoms with Crippen molar-refractivity contribution in [2.75, 3.05) is 51.1 Å². The Hall–Kier alpha value is -3.23. The Labute approximate surface area is 186 Å². The lowest BCUT2D eigenvalue weighted by atomic mass is 9.96. The molecule has 4 heterocycles. The van der Waals surface area contributed by atoms with E-state index in [9.17, 15) is 10.1 Å². The van der Waals surface area contributed by atoms with Crippen molar-refractivity contribution in [3.63, 3.8) is 0 Å². The molecule has 2 aromatic heterocycles. The zero-order valence-corrected chi connectivity index (χ0v) is 18.5. The second-order valence-corrected chi connectivity index (χ2v) is 8.53. The van der Waals surface area contributed by atoms with Crippen LogP contribution in [0.1, 0.15) is 19.3 Å². The summed E-state index contributed by atoms with van der Waals surface area (Å²) in [5.41, 5.74) is 0.902. The molecule has 2 aromatic rings. The highest BCUT2D eigenvalue weighted by atomic mass is 16.6. The summed E-state index contributed by atoms with van der Waals surface area (Å²) in [5.74, 6) is 0.663. The molecule has 0 spiro atoms. The van der Waals surface area contributed by atoms with E-state index in [1.165, 1.54) is 7.11 Å². The van der Waals surface area contributed by atoms with Crippen LogP contribution in [0.5, 0.6) is 5.88 Å². The third-order valence-corrected chi connectivity index (χ3v) is 6.28. The fourth-order valence-electron chi connectivity index (χ4n) is 4.39. The first-order valence-corrected chi connectivity index (χ1v) is 10.7. The minimum atomic E-state index is -0.353. The molecule has 2 atom stereocenters. The molecule has 170 valence electrons. The van der Waals surface area contributed by atoms with Gasteiger partial charge in [0.1, 0.15) is 11.2 Å². The molecule has 2 fully saturated rings. The number of piperidine rings is 1. The molecule has 0 saturated carbocycles. The Morgan fingerprint density at radius 1 is 1.47 bits per heavy atom. The van der Waals surface area contributed by atoms with Gasteiger partial charge in [0.15, 0.2) is 0 Å². The largest absolute Gasteiger partial charge is 0.479 e. The summed E-state index contributed by atoms with van der Waals surface area (Å²) in [7, 11) is 5.51. The van der Waals surface area contributed by atoms with Crippen LogP contribution in [0.2, 0.25) is 0 Å². The molecule has 2 saturated heterocycles. The number of fused-ring (bicyclic) bond motifs is 1. The van der Waals surface area contributed by atoms with Gasteiger partial charge in [-0.2, -0.15) is 5.26 Å². The SMILES string of the molecule is COc1nccc2c(NC3CCN[C@H](CC#N)C3)c([N+](=O)[O-])c(N3CC(N(C)C)C3)nc12. The first-order chi connectivity index (χ1) is 15.4. The highest BCUT2D eigenvalue weighted by Gasteiger charge is 2.37. The number of nitro groups is 1. The summed E-state index contributed by atoms with van der Waals surface area (Å²) in [6, 6.07) is 4.31. The zero-order chi connectivity index (χ0) is 22.8. The molecular formula is C21H28N8O3. The van der Waals surface area contributed by atoms with Gasteiger partial charge in [0.25, 0.3) is 0 Å². The molecule has 1 unspecified atom stereocenters.